The van der Waals surface area contributed by atoms with Gasteiger partial charge in [-0.2, -0.15) is 0 Å². The Hall–Kier alpha value is -1.49. The van der Waals surface area contributed by atoms with Crippen molar-refractivity contribution in [2.24, 2.45) is 0 Å². The molecule has 2 aromatic rings. The maximum Gasteiger partial charge on any atom is 0.230 e. The molecule has 96 valence electrons. The first-order valence-corrected chi connectivity index (χ1v) is 7.11. The summed E-state index contributed by atoms with van der Waals surface area (Å²) < 4.78 is 1.99. The second-order valence-electron chi connectivity index (χ2n) is 4.03. The lowest BCUT2D eigenvalue weighted by atomic mass is 10.3. The van der Waals surface area contributed by atoms with Gasteiger partial charge < -0.3 is 5.32 Å². The van der Waals surface area contributed by atoms with Crippen LogP contribution in [0.2, 0.25) is 0 Å². The fourth-order valence-electron chi connectivity index (χ4n) is 1.61. The van der Waals surface area contributed by atoms with Crippen molar-refractivity contribution in [1.29, 1.82) is 0 Å². The van der Waals surface area contributed by atoms with Crippen molar-refractivity contribution in [3.05, 3.63) is 30.6 Å². The van der Waals surface area contributed by atoms with Gasteiger partial charge in [-0.3, -0.25) is 9.20 Å². The van der Waals surface area contributed by atoms with E-state index in [-0.39, 0.29) is 5.91 Å². The Kier molecular flexibility index (Phi) is 4.64. The summed E-state index contributed by atoms with van der Waals surface area (Å²) in [5.74, 6) is 0.485. The Morgan fingerprint density at radius 3 is 3.22 bits per heavy atom. The lowest BCUT2D eigenvalue weighted by Gasteiger charge is -2.03. The highest BCUT2D eigenvalue weighted by atomic mass is 32.2. The molecule has 1 N–H and O–H groups in total. The minimum Gasteiger partial charge on any atom is -0.355 e. The van der Waals surface area contributed by atoms with Crippen LogP contribution in [-0.2, 0) is 4.79 Å². The maximum atomic E-state index is 11.6. The van der Waals surface area contributed by atoms with E-state index in [9.17, 15) is 4.79 Å². The lowest BCUT2D eigenvalue weighted by Crippen LogP contribution is -2.26. The minimum absolute atomic E-state index is 0.0705. The number of aromatic nitrogens is 2. The van der Waals surface area contributed by atoms with Gasteiger partial charge in [-0.25, -0.2) is 4.98 Å². The fourth-order valence-corrected chi connectivity index (χ4v) is 2.41. The Balaban J connectivity index is 1.88. The van der Waals surface area contributed by atoms with Gasteiger partial charge in [0.25, 0.3) is 0 Å². The first-order chi connectivity index (χ1) is 8.81. The fraction of sp³-hybridized carbons (Fsp3) is 0.385. The third-order valence-electron chi connectivity index (χ3n) is 2.59. The predicted molar refractivity (Wildman–Crippen MR) is 73.8 cm³/mol. The van der Waals surface area contributed by atoms with E-state index >= 15 is 0 Å². The quantitative estimate of drug-likeness (QED) is 0.643. The number of rotatable bonds is 6. The van der Waals surface area contributed by atoms with Gasteiger partial charge in [0.15, 0.2) is 5.16 Å². The number of unbranched alkanes of at least 4 members (excludes halogenated alkanes) is 1. The van der Waals surface area contributed by atoms with E-state index in [1.807, 2.05) is 35.0 Å². The van der Waals surface area contributed by atoms with Gasteiger partial charge in [-0.15, -0.1) is 0 Å². The molecule has 0 unspecified atom stereocenters. The average molecular weight is 263 g/mol. The molecule has 5 heteroatoms. The maximum absolute atomic E-state index is 11.6. The smallest absolute Gasteiger partial charge is 0.230 e. The molecule has 0 spiro atoms. The van der Waals surface area contributed by atoms with Crippen LogP contribution in [0.1, 0.15) is 19.8 Å². The van der Waals surface area contributed by atoms with Gasteiger partial charge in [0.2, 0.25) is 5.91 Å². The Morgan fingerprint density at radius 1 is 1.50 bits per heavy atom. The summed E-state index contributed by atoms with van der Waals surface area (Å²) in [6.07, 6.45) is 5.90. The molecule has 0 fully saturated rings. The summed E-state index contributed by atoms with van der Waals surface area (Å²) in [5.41, 5.74) is 1.05. The first kappa shape index (κ1) is 13.0. The van der Waals surface area contributed by atoms with Crippen LogP contribution in [0, 0.1) is 0 Å². The molecule has 4 nitrogen and oxygen atoms in total. The Labute approximate surface area is 111 Å². The van der Waals surface area contributed by atoms with E-state index < -0.39 is 0 Å². The van der Waals surface area contributed by atoms with Gasteiger partial charge in [0, 0.05) is 12.7 Å². The standard InChI is InChI=1S/C13H17N3OS/c1-2-3-7-14-12(17)10-18-13-15-9-11-6-4-5-8-16(11)13/h4-6,8-9H,2-3,7,10H2,1H3,(H,14,17). The van der Waals surface area contributed by atoms with Crippen LogP contribution in [0.5, 0.6) is 0 Å². The van der Waals surface area contributed by atoms with Gasteiger partial charge in [0.1, 0.15) is 0 Å². The molecule has 18 heavy (non-hydrogen) atoms. The van der Waals surface area contributed by atoms with Gasteiger partial charge in [-0.05, 0) is 18.6 Å². The molecule has 0 atom stereocenters. The zero-order valence-electron chi connectivity index (χ0n) is 10.4. The second-order valence-corrected chi connectivity index (χ2v) is 4.97. The van der Waals surface area contributed by atoms with Crippen LogP contribution in [-0.4, -0.2) is 27.6 Å². The molecule has 1 amide bonds. The molecule has 2 aromatic heterocycles. The van der Waals surface area contributed by atoms with E-state index in [0.29, 0.717) is 5.75 Å². The van der Waals surface area contributed by atoms with Crippen molar-refractivity contribution in [2.45, 2.75) is 24.9 Å². The number of pyridine rings is 1. The number of amides is 1. The van der Waals surface area contributed by atoms with E-state index in [0.717, 1.165) is 30.1 Å². The number of carbonyl (C=O) groups excluding carboxylic acids is 1. The number of thioether (sulfide) groups is 1. The van der Waals surface area contributed by atoms with Crippen LogP contribution >= 0.6 is 11.8 Å². The number of hydrogen-bond donors (Lipinski definition) is 1. The summed E-state index contributed by atoms with van der Waals surface area (Å²) >= 11 is 1.46. The molecule has 0 bridgehead atoms. The van der Waals surface area contributed by atoms with Crippen molar-refractivity contribution >= 4 is 23.2 Å². The summed E-state index contributed by atoms with van der Waals surface area (Å²) in [6.45, 7) is 2.87. The Morgan fingerprint density at radius 2 is 2.39 bits per heavy atom. The summed E-state index contributed by atoms with van der Waals surface area (Å²) in [5, 5.41) is 3.75. The molecule has 0 aromatic carbocycles. The van der Waals surface area contributed by atoms with E-state index in [2.05, 4.69) is 17.2 Å². The van der Waals surface area contributed by atoms with Crippen LogP contribution in [0.4, 0.5) is 0 Å². The predicted octanol–water partition coefficient (Wildman–Crippen LogP) is 2.34. The minimum atomic E-state index is 0.0705. The topological polar surface area (TPSA) is 46.4 Å². The van der Waals surface area contributed by atoms with Crippen LogP contribution in [0.3, 0.4) is 0 Å². The number of nitrogens with one attached hydrogen (secondary N) is 1. The van der Waals surface area contributed by atoms with Crippen molar-refractivity contribution in [3.8, 4) is 0 Å². The zero-order chi connectivity index (χ0) is 12.8. The molecular weight excluding hydrogens is 246 g/mol. The van der Waals surface area contributed by atoms with Crippen molar-refractivity contribution < 1.29 is 4.79 Å². The van der Waals surface area contributed by atoms with Gasteiger partial charge in [0.05, 0.1) is 17.5 Å². The molecular formula is C13H17N3OS. The molecule has 0 saturated carbocycles. The molecule has 0 aliphatic rings. The van der Waals surface area contributed by atoms with Crippen molar-refractivity contribution in [2.75, 3.05) is 12.3 Å². The van der Waals surface area contributed by atoms with Crippen LogP contribution in [0.25, 0.3) is 5.52 Å². The third-order valence-corrected chi connectivity index (χ3v) is 3.56. The third kappa shape index (κ3) is 3.26. The number of fused-ring (bicyclic) bond motifs is 1. The van der Waals surface area contributed by atoms with Crippen LogP contribution in [0.15, 0.2) is 35.7 Å². The van der Waals surface area contributed by atoms with Gasteiger partial charge >= 0.3 is 0 Å². The number of nitrogens with zero attached hydrogens (tertiary/aromatic N) is 2. The van der Waals surface area contributed by atoms with E-state index in [4.69, 9.17) is 0 Å². The zero-order valence-corrected chi connectivity index (χ0v) is 11.2. The Bertz CT molecular complexity index is 524. The number of imidazole rings is 1. The average Bonchev–Trinajstić information content (AvgIpc) is 2.80. The van der Waals surface area contributed by atoms with E-state index in [1.54, 1.807) is 0 Å². The largest absolute Gasteiger partial charge is 0.355 e. The molecule has 0 aliphatic heterocycles. The molecule has 0 saturated heterocycles. The summed E-state index contributed by atoms with van der Waals surface area (Å²) in [4.78, 5) is 15.9. The van der Waals surface area contributed by atoms with Crippen molar-refractivity contribution in [3.63, 3.8) is 0 Å². The number of hydrogen-bond acceptors (Lipinski definition) is 3. The van der Waals surface area contributed by atoms with Gasteiger partial charge in [-0.1, -0.05) is 31.2 Å². The van der Waals surface area contributed by atoms with Crippen molar-refractivity contribution in [1.82, 2.24) is 14.7 Å². The normalized spacial score (nSPS) is 10.7. The molecule has 0 aliphatic carbocycles. The summed E-state index contributed by atoms with van der Waals surface area (Å²) in [6, 6.07) is 5.93. The second kappa shape index (κ2) is 6.44. The van der Waals surface area contributed by atoms with Crippen LogP contribution < -0.4 is 5.32 Å². The van der Waals surface area contributed by atoms with E-state index in [1.165, 1.54) is 11.8 Å². The SMILES string of the molecule is CCCCNC(=O)CSc1ncc2ccccn12. The highest BCUT2D eigenvalue weighted by Crippen LogP contribution is 2.17. The number of carbonyl (C=O) groups is 1. The molecule has 2 heterocycles. The lowest BCUT2D eigenvalue weighted by molar-refractivity contribution is -0.118. The monoisotopic (exact) mass is 263 g/mol. The highest BCUT2D eigenvalue weighted by molar-refractivity contribution is 7.99. The molecule has 2 rings (SSSR count). The molecule has 0 radical (unpaired) electrons. The summed E-state index contributed by atoms with van der Waals surface area (Å²) in [7, 11) is 0. The first-order valence-electron chi connectivity index (χ1n) is 6.13. The highest BCUT2D eigenvalue weighted by Gasteiger charge is 2.06.